The lowest BCUT2D eigenvalue weighted by molar-refractivity contribution is 1.40. The van der Waals surface area contributed by atoms with Gasteiger partial charge in [0.2, 0.25) is 0 Å². The molecule has 0 unspecified atom stereocenters. The predicted octanol–water partition coefficient (Wildman–Crippen LogP) is 8.03. The van der Waals surface area contributed by atoms with Crippen molar-refractivity contribution in [1.82, 2.24) is 9.97 Å². The summed E-state index contributed by atoms with van der Waals surface area (Å²) in [7, 11) is 0. The molecule has 0 aliphatic heterocycles. The Morgan fingerprint density at radius 3 is 2.13 bits per heavy atom. The molecule has 4 aromatic carbocycles. The average Bonchev–Trinajstić information content (AvgIpc) is 2.83. The van der Waals surface area contributed by atoms with Crippen molar-refractivity contribution in [2.75, 3.05) is 0 Å². The van der Waals surface area contributed by atoms with Crippen LogP contribution in [0.25, 0.3) is 55.1 Å². The van der Waals surface area contributed by atoms with Gasteiger partial charge in [-0.15, -0.1) is 0 Å². The van der Waals surface area contributed by atoms with Crippen molar-refractivity contribution in [2.24, 2.45) is 0 Å². The van der Waals surface area contributed by atoms with Crippen molar-refractivity contribution in [2.45, 2.75) is 0 Å². The number of benzene rings is 4. The lowest BCUT2D eigenvalue weighted by Gasteiger charge is -2.13. The molecule has 146 valence electrons. The smallest absolute Gasteiger partial charge is 0.0795 e. The van der Waals surface area contributed by atoms with Gasteiger partial charge >= 0.3 is 0 Å². The molecule has 31 heavy (non-hydrogen) atoms. The molecular weight excluding hydrogens is 444 g/mol. The number of fused-ring (bicyclic) bond motifs is 5. The van der Waals surface area contributed by atoms with E-state index in [1.54, 1.807) is 0 Å². The highest BCUT2D eigenvalue weighted by molar-refractivity contribution is 9.10. The van der Waals surface area contributed by atoms with Gasteiger partial charge in [0.1, 0.15) is 0 Å². The minimum absolute atomic E-state index is 0.974. The highest BCUT2D eigenvalue weighted by Crippen LogP contribution is 2.38. The van der Waals surface area contributed by atoms with Crippen LogP contribution < -0.4 is 0 Å². The molecule has 0 bridgehead atoms. The first-order chi connectivity index (χ1) is 15.3. The van der Waals surface area contributed by atoms with Gasteiger partial charge in [-0.25, -0.2) is 9.97 Å². The Morgan fingerprint density at radius 1 is 0.516 bits per heavy atom. The molecule has 0 saturated carbocycles. The van der Waals surface area contributed by atoms with E-state index < -0.39 is 0 Å². The number of hydrogen-bond donors (Lipinski definition) is 0. The van der Waals surface area contributed by atoms with Crippen molar-refractivity contribution in [1.29, 1.82) is 0 Å². The number of aromatic nitrogens is 2. The molecule has 2 nitrogen and oxygen atoms in total. The van der Waals surface area contributed by atoms with E-state index in [2.05, 4.69) is 88.7 Å². The van der Waals surface area contributed by atoms with Crippen molar-refractivity contribution in [3.63, 3.8) is 0 Å². The van der Waals surface area contributed by atoms with Crippen LogP contribution in [0.4, 0.5) is 0 Å². The second-order valence-corrected chi connectivity index (χ2v) is 8.52. The Bertz CT molecular complexity index is 1590. The molecule has 0 amide bonds. The molecular formula is C28H17BrN2. The van der Waals surface area contributed by atoms with Gasteiger partial charge < -0.3 is 0 Å². The summed E-state index contributed by atoms with van der Waals surface area (Å²) in [6.07, 6.45) is 0. The van der Waals surface area contributed by atoms with Crippen LogP contribution in [0.15, 0.2) is 108 Å². The summed E-state index contributed by atoms with van der Waals surface area (Å²) in [4.78, 5) is 10.1. The average molecular weight is 461 g/mol. The topological polar surface area (TPSA) is 25.8 Å². The molecule has 6 rings (SSSR count). The second-order valence-electron chi connectivity index (χ2n) is 7.61. The molecule has 2 heterocycles. The van der Waals surface area contributed by atoms with Gasteiger partial charge in [0.05, 0.1) is 22.4 Å². The third-order valence-electron chi connectivity index (χ3n) is 5.70. The number of nitrogens with zero attached hydrogens (tertiary/aromatic N) is 2. The summed E-state index contributed by atoms with van der Waals surface area (Å²) in [5.41, 5.74) is 6.14. The third kappa shape index (κ3) is 3.09. The molecule has 6 aromatic rings. The fourth-order valence-corrected chi connectivity index (χ4v) is 4.67. The number of rotatable bonds is 2. The van der Waals surface area contributed by atoms with Crippen LogP contribution >= 0.6 is 15.9 Å². The van der Waals surface area contributed by atoms with Crippen LogP contribution in [0.1, 0.15) is 0 Å². The zero-order valence-corrected chi connectivity index (χ0v) is 18.2. The lowest BCUT2D eigenvalue weighted by atomic mass is 9.96. The molecule has 0 spiro atoms. The largest absolute Gasteiger partial charge is 0.248 e. The Morgan fingerprint density at radius 2 is 1.26 bits per heavy atom. The third-order valence-corrected chi connectivity index (χ3v) is 6.20. The summed E-state index contributed by atoms with van der Waals surface area (Å²) in [6, 6.07) is 35.6. The summed E-state index contributed by atoms with van der Waals surface area (Å²) >= 11 is 3.62. The summed E-state index contributed by atoms with van der Waals surface area (Å²) in [5.74, 6) is 0. The highest BCUT2D eigenvalue weighted by Gasteiger charge is 2.14. The Kier molecular flexibility index (Phi) is 4.29. The van der Waals surface area contributed by atoms with Crippen molar-refractivity contribution >= 4 is 48.5 Å². The van der Waals surface area contributed by atoms with E-state index in [-0.39, 0.29) is 0 Å². The van der Waals surface area contributed by atoms with Gasteiger partial charge in [0.25, 0.3) is 0 Å². The minimum atomic E-state index is 0.974. The van der Waals surface area contributed by atoms with Gasteiger partial charge in [-0.1, -0.05) is 82.7 Å². The number of para-hydroxylation sites is 1. The van der Waals surface area contributed by atoms with Crippen LogP contribution in [0.3, 0.4) is 0 Å². The summed E-state index contributed by atoms with van der Waals surface area (Å²) in [5, 5.41) is 4.61. The van der Waals surface area contributed by atoms with Crippen molar-refractivity contribution in [3.8, 4) is 22.5 Å². The van der Waals surface area contributed by atoms with E-state index in [1.165, 1.54) is 5.39 Å². The van der Waals surface area contributed by atoms with E-state index in [0.717, 1.165) is 54.2 Å². The zero-order valence-electron chi connectivity index (χ0n) is 16.6. The number of halogens is 1. The van der Waals surface area contributed by atoms with Crippen molar-refractivity contribution in [3.05, 3.63) is 108 Å². The Balaban J connectivity index is 1.73. The van der Waals surface area contributed by atoms with Crippen LogP contribution in [-0.4, -0.2) is 9.97 Å². The van der Waals surface area contributed by atoms with Gasteiger partial charge in [-0.05, 0) is 41.8 Å². The molecule has 3 heteroatoms. The SMILES string of the molecule is Brc1cccc(-c2nc3ccccc3c3ccc4nc(-c5ccccc5)ccc4c23)c1. The molecule has 0 atom stereocenters. The standard InChI is InChI=1S/C28H17BrN2/c29-20-10-6-9-19(17-20)28-27-22(21-11-4-5-12-25(21)31-28)13-16-26-23(27)14-15-24(30-26)18-7-2-1-3-8-18/h1-17H. The quantitative estimate of drug-likeness (QED) is 0.244. The van der Waals surface area contributed by atoms with Gasteiger partial charge in [0, 0.05) is 31.8 Å². The van der Waals surface area contributed by atoms with Crippen LogP contribution in [0.5, 0.6) is 0 Å². The zero-order chi connectivity index (χ0) is 20.8. The maximum Gasteiger partial charge on any atom is 0.0795 e. The first-order valence-corrected chi connectivity index (χ1v) is 11.0. The Hall–Kier alpha value is -3.56. The van der Waals surface area contributed by atoms with E-state index in [9.17, 15) is 0 Å². The van der Waals surface area contributed by atoms with Gasteiger partial charge in [-0.3, -0.25) is 0 Å². The van der Waals surface area contributed by atoms with Crippen molar-refractivity contribution < 1.29 is 0 Å². The minimum Gasteiger partial charge on any atom is -0.248 e. The molecule has 0 aliphatic rings. The molecule has 2 aromatic heterocycles. The molecule has 0 fully saturated rings. The van der Waals surface area contributed by atoms with E-state index >= 15 is 0 Å². The highest BCUT2D eigenvalue weighted by atomic mass is 79.9. The fourth-order valence-electron chi connectivity index (χ4n) is 4.27. The second kappa shape index (κ2) is 7.29. The molecule has 0 N–H and O–H groups in total. The first kappa shape index (κ1) is 18.2. The van der Waals surface area contributed by atoms with E-state index in [1.807, 2.05) is 30.3 Å². The van der Waals surface area contributed by atoms with Crippen LogP contribution in [0, 0.1) is 0 Å². The predicted molar refractivity (Wildman–Crippen MR) is 133 cm³/mol. The van der Waals surface area contributed by atoms with E-state index in [4.69, 9.17) is 9.97 Å². The summed E-state index contributed by atoms with van der Waals surface area (Å²) in [6.45, 7) is 0. The van der Waals surface area contributed by atoms with E-state index in [0.29, 0.717) is 0 Å². The van der Waals surface area contributed by atoms with Gasteiger partial charge in [-0.2, -0.15) is 0 Å². The lowest BCUT2D eigenvalue weighted by Crippen LogP contribution is -1.93. The first-order valence-electron chi connectivity index (χ1n) is 10.2. The number of hydrogen-bond acceptors (Lipinski definition) is 2. The summed E-state index contributed by atoms with van der Waals surface area (Å²) < 4.78 is 1.04. The van der Waals surface area contributed by atoms with Crippen LogP contribution in [-0.2, 0) is 0 Å². The maximum atomic E-state index is 5.10. The van der Waals surface area contributed by atoms with Crippen LogP contribution in [0.2, 0.25) is 0 Å². The Labute approximate surface area is 188 Å². The molecule has 0 saturated heterocycles. The number of pyridine rings is 2. The molecule has 0 radical (unpaired) electrons. The molecule has 0 aliphatic carbocycles. The fraction of sp³-hybridized carbons (Fsp3) is 0. The van der Waals surface area contributed by atoms with Gasteiger partial charge in [0.15, 0.2) is 0 Å². The normalized spacial score (nSPS) is 11.4. The maximum absolute atomic E-state index is 5.10. The monoisotopic (exact) mass is 460 g/mol.